The number of rotatable bonds is 3. The molecule has 0 N–H and O–H groups in total. The number of aromatic nitrogens is 1. The zero-order valence-electron chi connectivity index (χ0n) is 16.6. The maximum atomic E-state index is 13.1. The summed E-state index contributed by atoms with van der Waals surface area (Å²) < 4.78 is 4.99. The summed E-state index contributed by atoms with van der Waals surface area (Å²) in [6, 6.07) is 9.01. The molecule has 152 valence electrons. The molecule has 1 aromatic carbocycles. The van der Waals surface area contributed by atoms with E-state index in [1.807, 2.05) is 31.2 Å². The molecule has 0 aliphatic carbocycles. The fourth-order valence-corrected chi connectivity index (χ4v) is 4.03. The number of fused-ring (bicyclic) bond motifs is 1. The Morgan fingerprint density at radius 2 is 2.00 bits per heavy atom. The lowest BCUT2D eigenvalue weighted by Gasteiger charge is -2.39. The van der Waals surface area contributed by atoms with Crippen LogP contribution in [0.25, 0.3) is 0 Å². The quantitative estimate of drug-likeness (QED) is 0.782. The molecule has 8 heteroatoms. The lowest BCUT2D eigenvalue weighted by Crippen LogP contribution is -2.59. The molecule has 2 aromatic rings. The highest BCUT2D eigenvalue weighted by Gasteiger charge is 2.41. The van der Waals surface area contributed by atoms with Gasteiger partial charge >= 0.3 is 0 Å². The molecule has 29 heavy (non-hydrogen) atoms. The van der Waals surface area contributed by atoms with Crippen molar-refractivity contribution in [3.63, 3.8) is 0 Å². The highest BCUT2D eigenvalue weighted by molar-refractivity contribution is 5.95. The molecule has 1 unspecified atom stereocenters. The van der Waals surface area contributed by atoms with Crippen molar-refractivity contribution in [2.24, 2.45) is 0 Å². The summed E-state index contributed by atoms with van der Waals surface area (Å²) in [6.07, 6.45) is 0.414. The van der Waals surface area contributed by atoms with E-state index in [4.69, 9.17) is 4.52 Å². The maximum Gasteiger partial charge on any atom is 0.276 e. The van der Waals surface area contributed by atoms with Crippen LogP contribution in [0.3, 0.4) is 0 Å². The van der Waals surface area contributed by atoms with E-state index >= 15 is 0 Å². The van der Waals surface area contributed by atoms with Gasteiger partial charge in [0.2, 0.25) is 11.8 Å². The second-order valence-corrected chi connectivity index (χ2v) is 7.69. The third kappa shape index (κ3) is 3.87. The van der Waals surface area contributed by atoms with Gasteiger partial charge in [0.25, 0.3) is 5.91 Å². The maximum absolute atomic E-state index is 13.1. The summed E-state index contributed by atoms with van der Waals surface area (Å²) in [4.78, 5) is 43.4. The summed E-state index contributed by atoms with van der Waals surface area (Å²) in [5.41, 5.74) is 2.37. The Morgan fingerprint density at radius 3 is 2.72 bits per heavy atom. The van der Waals surface area contributed by atoms with E-state index in [9.17, 15) is 14.4 Å². The molecule has 2 saturated heterocycles. The highest BCUT2D eigenvalue weighted by atomic mass is 16.5. The molecular weight excluding hydrogens is 372 g/mol. The number of piperazine rings is 1. The molecule has 1 aromatic heterocycles. The van der Waals surface area contributed by atoms with Crippen molar-refractivity contribution >= 4 is 17.7 Å². The van der Waals surface area contributed by atoms with Gasteiger partial charge in [-0.15, -0.1) is 0 Å². The monoisotopic (exact) mass is 396 g/mol. The van der Waals surface area contributed by atoms with E-state index in [2.05, 4.69) is 5.16 Å². The Hall–Kier alpha value is -3.16. The van der Waals surface area contributed by atoms with Gasteiger partial charge in [-0.3, -0.25) is 14.4 Å². The number of amides is 3. The smallest absolute Gasteiger partial charge is 0.276 e. The van der Waals surface area contributed by atoms with Crippen molar-refractivity contribution in [3.8, 4) is 0 Å². The average molecular weight is 396 g/mol. The lowest BCUT2D eigenvalue weighted by molar-refractivity contribution is -0.156. The van der Waals surface area contributed by atoms with Gasteiger partial charge in [-0.2, -0.15) is 0 Å². The van der Waals surface area contributed by atoms with Crippen molar-refractivity contribution in [1.82, 2.24) is 19.9 Å². The lowest BCUT2D eigenvalue weighted by atomic mass is 10.1. The topological polar surface area (TPSA) is 87.0 Å². The second-order valence-electron chi connectivity index (χ2n) is 7.69. The van der Waals surface area contributed by atoms with Crippen molar-refractivity contribution in [2.45, 2.75) is 32.9 Å². The number of carbonyl (C=O) groups is 3. The van der Waals surface area contributed by atoms with E-state index in [0.29, 0.717) is 38.4 Å². The number of carbonyl (C=O) groups excluding carboxylic acids is 3. The van der Waals surface area contributed by atoms with E-state index in [-0.39, 0.29) is 30.0 Å². The molecule has 3 heterocycles. The van der Waals surface area contributed by atoms with E-state index in [1.54, 1.807) is 27.7 Å². The first-order valence-electron chi connectivity index (χ1n) is 9.79. The van der Waals surface area contributed by atoms with Crippen LogP contribution in [0.15, 0.2) is 34.9 Å². The second kappa shape index (κ2) is 7.69. The largest absolute Gasteiger partial charge is 0.361 e. The Morgan fingerprint density at radius 1 is 1.17 bits per heavy atom. The number of hydrogen-bond acceptors (Lipinski definition) is 5. The predicted molar refractivity (Wildman–Crippen MR) is 104 cm³/mol. The van der Waals surface area contributed by atoms with Crippen LogP contribution < -0.4 is 0 Å². The van der Waals surface area contributed by atoms with Crippen molar-refractivity contribution in [2.75, 3.05) is 26.2 Å². The van der Waals surface area contributed by atoms with Crippen LogP contribution in [-0.2, 0) is 16.1 Å². The van der Waals surface area contributed by atoms with Crippen molar-refractivity contribution in [1.29, 1.82) is 0 Å². The van der Waals surface area contributed by atoms with Gasteiger partial charge in [-0.1, -0.05) is 35.0 Å². The molecule has 2 aliphatic rings. The molecular formula is C21H24N4O4. The van der Waals surface area contributed by atoms with Gasteiger partial charge in [0.1, 0.15) is 18.3 Å². The van der Waals surface area contributed by atoms with Gasteiger partial charge in [0.15, 0.2) is 5.69 Å². The SMILES string of the molecule is Cc1cccc(CN2CC(=O)N3CCN(C(=O)c4cc(C)on4)CCC3C2=O)c1. The standard InChI is InChI=1S/C21H24N4O4/c1-14-4-3-5-16(10-14)12-24-13-19(26)25-9-8-23(7-6-18(25)21(24)28)20(27)17-11-15(2)29-22-17/h3-5,10-11,18H,6-9,12-13H2,1-2H3. The summed E-state index contributed by atoms with van der Waals surface area (Å²) in [5.74, 6) is 0.197. The number of hydrogen-bond donors (Lipinski definition) is 0. The first kappa shape index (κ1) is 19.2. The van der Waals surface area contributed by atoms with Crippen molar-refractivity contribution < 1.29 is 18.9 Å². The highest BCUT2D eigenvalue weighted by Crippen LogP contribution is 2.22. The molecule has 2 fully saturated rings. The Kier molecular flexibility index (Phi) is 5.08. The molecule has 0 radical (unpaired) electrons. The van der Waals surface area contributed by atoms with Crippen LogP contribution >= 0.6 is 0 Å². The van der Waals surface area contributed by atoms with Gasteiger partial charge in [0, 0.05) is 32.2 Å². The first-order valence-corrected chi connectivity index (χ1v) is 9.79. The summed E-state index contributed by atoms with van der Waals surface area (Å²) in [5, 5.41) is 3.79. The summed E-state index contributed by atoms with van der Waals surface area (Å²) in [7, 11) is 0. The minimum Gasteiger partial charge on any atom is -0.361 e. The zero-order valence-corrected chi connectivity index (χ0v) is 16.6. The number of aryl methyl sites for hydroxylation is 2. The third-order valence-electron chi connectivity index (χ3n) is 5.49. The molecule has 8 nitrogen and oxygen atoms in total. The third-order valence-corrected chi connectivity index (χ3v) is 5.49. The van der Waals surface area contributed by atoms with Crippen LogP contribution in [0, 0.1) is 13.8 Å². The van der Waals surface area contributed by atoms with Gasteiger partial charge in [-0.25, -0.2) is 0 Å². The van der Waals surface area contributed by atoms with E-state index in [0.717, 1.165) is 11.1 Å². The van der Waals surface area contributed by atoms with Gasteiger partial charge in [-0.05, 0) is 25.8 Å². The Bertz CT molecular complexity index is 954. The normalized spacial score (nSPS) is 19.9. The molecule has 0 saturated carbocycles. The average Bonchev–Trinajstić information content (AvgIpc) is 2.99. The molecule has 2 aliphatic heterocycles. The van der Waals surface area contributed by atoms with Crippen LogP contribution in [0.4, 0.5) is 0 Å². The molecule has 0 spiro atoms. The van der Waals surface area contributed by atoms with Crippen LogP contribution in [0.1, 0.15) is 33.8 Å². The van der Waals surface area contributed by atoms with E-state index in [1.165, 1.54) is 0 Å². The van der Waals surface area contributed by atoms with Crippen LogP contribution in [0.5, 0.6) is 0 Å². The van der Waals surface area contributed by atoms with Gasteiger partial charge in [0.05, 0.1) is 0 Å². The summed E-state index contributed by atoms with van der Waals surface area (Å²) >= 11 is 0. The Labute approximate surface area is 169 Å². The summed E-state index contributed by atoms with van der Waals surface area (Å²) in [6.45, 7) is 5.32. The van der Waals surface area contributed by atoms with Crippen molar-refractivity contribution in [3.05, 3.63) is 52.9 Å². The number of benzene rings is 1. The Balaban J connectivity index is 1.47. The molecule has 1 atom stereocenters. The predicted octanol–water partition coefficient (Wildman–Crippen LogP) is 1.38. The minimum atomic E-state index is -0.530. The van der Waals surface area contributed by atoms with Crippen LogP contribution in [0.2, 0.25) is 0 Å². The minimum absolute atomic E-state index is 0.0577. The zero-order chi connectivity index (χ0) is 20.5. The molecule has 4 rings (SSSR count). The van der Waals surface area contributed by atoms with Crippen LogP contribution in [-0.4, -0.2) is 69.8 Å². The first-order chi connectivity index (χ1) is 13.9. The fourth-order valence-electron chi connectivity index (χ4n) is 4.03. The van der Waals surface area contributed by atoms with Gasteiger partial charge < -0.3 is 19.2 Å². The van der Waals surface area contributed by atoms with E-state index < -0.39 is 6.04 Å². The molecule has 3 amide bonds. The number of nitrogens with zero attached hydrogens (tertiary/aromatic N) is 4. The fraction of sp³-hybridized carbons (Fsp3) is 0.429. The molecule has 0 bridgehead atoms.